The highest BCUT2D eigenvalue weighted by Crippen LogP contribution is 2.49. The summed E-state index contributed by atoms with van der Waals surface area (Å²) >= 11 is 7.95. The summed E-state index contributed by atoms with van der Waals surface area (Å²) in [5.41, 5.74) is 2.31. The quantitative estimate of drug-likeness (QED) is 0.846. The van der Waals surface area contributed by atoms with Crippen molar-refractivity contribution in [3.63, 3.8) is 0 Å². The Bertz CT molecular complexity index is 764. The summed E-state index contributed by atoms with van der Waals surface area (Å²) in [6.45, 7) is 6.47. The lowest BCUT2D eigenvalue weighted by molar-refractivity contribution is 0.239. The van der Waals surface area contributed by atoms with Crippen LogP contribution in [0.15, 0.2) is 46.2 Å². The SMILES string of the molecule is Oc1ccc2c(c1)Sc1ccc(Cl)cc1N2CCCN1CCNCC1. The molecule has 0 unspecified atom stereocenters. The first-order valence-corrected chi connectivity index (χ1v) is 9.91. The number of fused-ring (bicyclic) bond motifs is 2. The standard InChI is InChI=1S/C19H22ClN3OS/c20-14-2-5-18-17(12-14)23(9-1-8-22-10-6-21-7-11-22)16-4-3-15(24)13-19(16)25-18/h2-5,12-13,21,24H,1,6-11H2. The molecule has 0 saturated carbocycles. The van der Waals surface area contributed by atoms with Crippen molar-refractivity contribution in [1.82, 2.24) is 10.2 Å². The van der Waals surface area contributed by atoms with Gasteiger partial charge in [-0.05, 0) is 49.4 Å². The Morgan fingerprint density at radius 1 is 1.00 bits per heavy atom. The van der Waals surface area contributed by atoms with Crippen LogP contribution in [0.2, 0.25) is 5.02 Å². The Morgan fingerprint density at radius 2 is 1.84 bits per heavy atom. The van der Waals surface area contributed by atoms with Gasteiger partial charge in [-0.25, -0.2) is 0 Å². The van der Waals surface area contributed by atoms with Crippen LogP contribution in [-0.2, 0) is 0 Å². The van der Waals surface area contributed by atoms with Crippen molar-refractivity contribution in [2.24, 2.45) is 0 Å². The molecule has 25 heavy (non-hydrogen) atoms. The molecule has 2 N–H and O–H groups in total. The van der Waals surface area contributed by atoms with Crippen molar-refractivity contribution in [3.05, 3.63) is 41.4 Å². The zero-order valence-electron chi connectivity index (χ0n) is 14.0. The van der Waals surface area contributed by atoms with Crippen LogP contribution in [0.3, 0.4) is 0 Å². The van der Waals surface area contributed by atoms with Gasteiger partial charge in [-0.2, -0.15) is 0 Å². The number of nitrogens with zero attached hydrogens (tertiary/aromatic N) is 2. The van der Waals surface area contributed by atoms with E-state index >= 15 is 0 Å². The van der Waals surface area contributed by atoms with E-state index in [4.69, 9.17) is 11.6 Å². The van der Waals surface area contributed by atoms with E-state index in [0.717, 1.165) is 67.0 Å². The maximum absolute atomic E-state index is 9.85. The van der Waals surface area contributed by atoms with Crippen LogP contribution in [-0.4, -0.2) is 49.3 Å². The molecule has 0 radical (unpaired) electrons. The van der Waals surface area contributed by atoms with Gasteiger partial charge in [-0.1, -0.05) is 23.4 Å². The van der Waals surface area contributed by atoms with Gasteiger partial charge >= 0.3 is 0 Å². The molecular formula is C19H22ClN3OS. The summed E-state index contributed by atoms with van der Waals surface area (Å²) in [6.07, 6.45) is 1.09. The Kier molecular flexibility index (Phi) is 5.08. The van der Waals surface area contributed by atoms with Gasteiger partial charge in [0.1, 0.15) is 5.75 Å². The van der Waals surface area contributed by atoms with Crippen molar-refractivity contribution in [1.29, 1.82) is 0 Å². The van der Waals surface area contributed by atoms with Gasteiger partial charge in [0.25, 0.3) is 0 Å². The fourth-order valence-electron chi connectivity index (χ4n) is 3.47. The van der Waals surface area contributed by atoms with Crippen LogP contribution in [0, 0.1) is 0 Å². The number of benzene rings is 2. The number of phenolic OH excluding ortho intramolecular Hbond substituents is 1. The first-order valence-electron chi connectivity index (χ1n) is 8.72. The van der Waals surface area contributed by atoms with Crippen molar-refractivity contribution < 1.29 is 5.11 Å². The molecule has 0 amide bonds. The van der Waals surface area contributed by atoms with Crippen molar-refractivity contribution >= 4 is 34.7 Å². The van der Waals surface area contributed by atoms with Gasteiger partial charge in [0.05, 0.1) is 11.4 Å². The largest absolute Gasteiger partial charge is 0.508 e. The van der Waals surface area contributed by atoms with Crippen LogP contribution in [0.5, 0.6) is 5.75 Å². The Morgan fingerprint density at radius 3 is 2.68 bits per heavy atom. The summed E-state index contributed by atoms with van der Waals surface area (Å²) in [5, 5.41) is 14.0. The summed E-state index contributed by atoms with van der Waals surface area (Å²) < 4.78 is 0. The maximum atomic E-state index is 9.85. The molecule has 0 atom stereocenters. The molecule has 2 aliphatic rings. The summed E-state index contributed by atoms with van der Waals surface area (Å²) in [7, 11) is 0. The van der Waals surface area contributed by atoms with Crippen molar-refractivity contribution in [2.45, 2.75) is 16.2 Å². The molecule has 132 valence electrons. The number of phenols is 1. The Labute approximate surface area is 157 Å². The monoisotopic (exact) mass is 375 g/mol. The smallest absolute Gasteiger partial charge is 0.116 e. The third kappa shape index (κ3) is 3.75. The second-order valence-electron chi connectivity index (χ2n) is 6.46. The number of hydrogen-bond donors (Lipinski definition) is 2. The lowest BCUT2D eigenvalue weighted by Gasteiger charge is -2.34. The zero-order chi connectivity index (χ0) is 17.2. The van der Waals surface area contributed by atoms with Crippen LogP contribution >= 0.6 is 23.4 Å². The van der Waals surface area contributed by atoms with Crippen molar-refractivity contribution in [2.75, 3.05) is 44.2 Å². The second kappa shape index (κ2) is 7.46. The van der Waals surface area contributed by atoms with E-state index in [0.29, 0.717) is 5.75 Å². The van der Waals surface area contributed by atoms with Gasteiger partial charge in [-0.3, -0.25) is 0 Å². The molecule has 2 heterocycles. The number of piperazine rings is 1. The van der Waals surface area contributed by atoms with E-state index < -0.39 is 0 Å². The molecule has 4 nitrogen and oxygen atoms in total. The molecule has 1 saturated heterocycles. The lowest BCUT2D eigenvalue weighted by Crippen LogP contribution is -2.44. The van der Waals surface area contributed by atoms with Crippen LogP contribution in [0.1, 0.15) is 6.42 Å². The Balaban J connectivity index is 1.56. The molecule has 1 fully saturated rings. The average Bonchev–Trinajstić information content (AvgIpc) is 2.62. The first kappa shape index (κ1) is 17.0. The number of nitrogens with one attached hydrogen (secondary N) is 1. The second-order valence-corrected chi connectivity index (χ2v) is 7.98. The van der Waals surface area contributed by atoms with Gasteiger partial charge in [0.15, 0.2) is 0 Å². The molecule has 0 bridgehead atoms. The van der Waals surface area contributed by atoms with Gasteiger partial charge in [0.2, 0.25) is 0 Å². The molecule has 2 aromatic carbocycles. The number of halogens is 1. The van der Waals surface area contributed by atoms with Crippen LogP contribution in [0.25, 0.3) is 0 Å². The maximum Gasteiger partial charge on any atom is 0.116 e. The number of rotatable bonds is 4. The van der Waals surface area contributed by atoms with Crippen LogP contribution in [0.4, 0.5) is 11.4 Å². The molecule has 0 aromatic heterocycles. The summed E-state index contributed by atoms with van der Waals surface area (Å²) in [4.78, 5) is 7.14. The number of anilines is 2. The molecule has 2 aliphatic heterocycles. The topological polar surface area (TPSA) is 38.7 Å². The predicted octanol–water partition coefficient (Wildman–Crippen LogP) is 3.94. The van der Waals surface area contributed by atoms with Gasteiger partial charge in [0, 0.05) is 47.5 Å². The van der Waals surface area contributed by atoms with E-state index in [2.05, 4.69) is 21.2 Å². The van der Waals surface area contributed by atoms with E-state index in [1.165, 1.54) is 4.90 Å². The van der Waals surface area contributed by atoms with E-state index in [1.807, 2.05) is 24.3 Å². The van der Waals surface area contributed by atoms with E-state index in [1.54, 1.807) is 17.8 Å². The van der Waals surface area contributed by atoms with Crippen molar-refractivity contribution in [3.8, 4) is 5.75 Å². The zero-order valence-corrected chi connectivity index (χ0v) is 15.6. The molecule has 0 spiro atoms. The predicted molar refractivity (Wildman–Crippen MR) is 105 cm³/mol. The highest BCUT2D eigenvalue weighted by atomic mass is 35.5. The molecule has 2 aromatic rings. The third-order valence-electron chi connectivity index (χ3n) is 4.73. The molecule has 0 aliphatic carbocycles. The highest BCUT2D eigenvalue weighted by molar-refractivity contribution is 7.99. The van der Waals surface area contributed by atoms with E-state index in [-0.39, 0.29) is 0 Å². The normalized spacial score (nSPS) is 17.2. The minimum absolute atomic E-state index is 0.310. The Hall–Kier alpha value is -1.40. The molecule has 6 heteroatoms. The third-order valence-corrected chi connectivity index (χ3v) is 6.08. The first-order chi connectivity index (χ1) is 12.2. The van der Waals surface area contributed by atoms with Crippen LogP contribution < -0.4 is 10.2 Å². The fraction of sp³-hybridized carbons (Fsp3) is 0.368. The summed E-state index contributed by atoms with van der Waals surface area (Å²) in [5.74, 6) is 0.310. The molecule has 4 rings (SSSR count). The number of aromatic hydroxyl groups is 1. The fourth-order valence-corrected chi connectivity index (χ4v) is 4.75. The minimum Gasteiger partial charge on any atom is -0.508 e. The summed E-state index contributed by atoms with van der Waals surface area (Å²) in [6, 6.07) is 11.7. The average molecular weight is 376 g/mol. The lowest BCUT2D eigenvalue weighted by atomic mass is 10.2. The van der Waals surface area contributed by atoms with Gasteiger partial charge in [-0.15, -0.1) is 0 Å². The van der Waals surface area contributed by atoms with E-state index in [9.17, 15) is 5.11 Å². The van der Waals surface area contributed by atoms with Gasteiger partial charge < -0.3 is 20.2 Å². The minimum atomic E-state index is 0.310. The number of hydrogen-bond acceptors (Lipinski definition) is 5. The highest BCUT2D eigenvalue weighted by Gasteiger charge is 2.24. The molecular weight excluding hydrogens is 354 g/mol.